The molecule has 0 fully saturated rings. The molecular weight excluding hydrogens is 238 g/mol. The van der Waals surface area contributed by atoms with Gasteiger partial charge in [-0.1, -0.05) is 20.8 Å². The zero-order chi connectivity index (χ0) is 14.1. The molecule has 0 atom stereocenters. The Kier molecular flexibility index (Phi) is 5.80. The number of rotatable bonds is 5. The molecule has 0 spiro atoms. The average molecular weight is 259 g/mol. The Morgan fingerprint density at radius 1 is 1.26 bits per heavy atom. The number of aromatic nitrogens is 1. The fraction of sp³-hybridized carbons (Fsp3) is 0.500. The lowest BCUT2D eigenvalue weighted by Crippen LogP contribution is -2.49. The lowest BCUT2D eigenvalue weighted by Gasteiger charge is -2.33. The number of guanidine groups is 1. The van der Waals surface area contributed by atoms with Crippen LogP contribution in [0.3, 0.4) is 0 Å². The average Bonchev–Trinajstić information content (AvgIpc) is 2.46. The van der Waals surface area contributed by atoms with E-state index in [9.17, 15) is 0 Å². The topological polar surface area (TPSA) is 73.1 Å². The van der Waals surface area contributed by atoms with Crippen molar-refractivity contribution < 1.29 is 0 Å². The summed E-state index contributed by atoms with van der Waals surface area (Å²) in [6.45, 7) is 6.41. The zero-order valence-corrected chi connectivity index (χ0v) is 11.8. The van der Waals surface area contributed by atoms with E-state index >= 15 is 0 Å². The van der Waals surface area contributed by atoms with E-state index in [2.05, 4.69) is 41.4 Å². The first kappa shape index (κ1) is 15.0. The van der Waals surface area contributed by atoms with Crippen molar-refractivity contribution >= 4 is 11.6 Å². The number of hydrogen-bond acceptors (Lipinski definition) is 3. The molecule has 2 N–H and O–H groups in total. The maximum Gasteiger partial charge on any atom is 0.212 e. The van der Waals surface area contributed by atoms with E-state index in [-0.39, 0.29) is 5.54 Å². The van der Waals surface area contributed by atoms with E-state index in [1.807, 2.05) is 18.3 Å². The lowest BCUT2D eigenvalue weighted by atomic mass is 9.90. The molecule has 0 unspecified atom stereocenters. The Balaban J connectivity index is 2.85. The van der Waals surface area contributed by atoms with Crippen LogP contribution in [0.1, 0.15) is 40.0 Å². The molecule has 0 amide bonds. The third-order valence-electron chi connectivity index (χ3n) is 3.52. The van der Waals surface area contributed by atoms with Crippen molar-refractivity contribution in [3.8, 4) is 6.19 Å². The van der Waals surface area contributed by atoms with Crippen LogP contribution in [0.4, 0.5) is 5.69 Å². The van der Waals surface area contributed by atoms with Gasteiger partial charge in [0, 0.05) is 23.6 Å². The van der Waals surface area contributed by atoms with Gasteiger partial charge in [0.15, 0.2) is 0 Å². The van der Waals surface area contributed by atoms with Crippen molar-refractivity contribution in [2.75, 3.05) is 5.32 Å². The summed E-state index contributed by atoms with van der Waals surface area (Å²) in [5, 5.41) is 15.3. The van der Waals surface area contributed by atoms with Crippen LogP contribution in [0.2, 0.25) is 0 Å². The third kappa shape index (κ3) is 4.25. The molecule has 0 aliphatic heterocycles. The fourth-order valence-electron chi connectivity index (χ4n) is 1.98. The van der Waals surface area contributed by atoms with Crippen LogP contribution in [-0.2, 0) is 0 Å². The molecule has 5 heteroatoms. The normalized spacial score (nSPS) is 11.8. The molecule has 1 heterocycles. The summed E-state index contributed by atoms with van der Waals surface area (Å²) in [6, 6.07) is 3.67. The molecule has 1 aromatic rings. The van der Waals surface area contributed by atoms with E-state index in [4.69, 9.17) is 5.26 Å². The van der Waals surface area contributed by atoms with Crippen molar-refractivity contribution in [1.29, 1.82) is 5.26 Å². The van der Waals surface area contributed by atoms with Crippen molar-refractivity contribution in [1.82, 2.24) is 10.3 Å². The van der Waals surface area contributed by atoms with Gasteiger partial charge in [-0.15, -0.1) is 4.99 Å². The fourth-order valence-corrected chi connectivity index (χ4v) is 1.98. The summed E-state index contributed by atoms with van der Waals surface area (Å²) in [7, 11) is 0. The Morgan fingerprint density at radius 2 is 1.84 bits per heavy atom. The van der Waals surface area contributed by atoms with Gasteiger partial charge in [0.05, 0.1) is 0 Å². The van der Waals surface area contributed by atoms with Gasteiger partial charge in [-0.25, -0.2) is 0 Å². The largest absolute Gasteiger partial charge is 0.350 e. The van der Waals surface area contributed by atoms with Gasteiger partial charge in [-0.3, -0.25) is 4.98 Å². The highest BCUT2D eigenvalue weighted by Gasteiger charge is 2.25. The molecule has 0 aliphatic rings. The minimum Gasteiger partial charge on any atom is -0.350 e. The van der Waals surface area contributed by atoms with Gasteiger partial charge in [0.2, 0.25) is 12.2 Å². The molecule has 0 saturated carbocycles. The summed E-state index contributed by atoms with van der Waals surface area (Å²) >= 11 is 0. The van der Waals surface area contributed by atoms with E-state index in [0.29, 0.717) is 5.96 Å². The van der Waals surface area contributed by atoms with Crippen molar-refractivity contribution in [2.45, 2.75) is 45.6 Å². The van der Waals surface area contributed by atoms with E-state index in [0.717, 1.165) is 24.9 Å². The second kappa shape index (κ2) is 7.37. The number of nitrogens with one attached hydrogen (secondary N) is 2. The number of nitrogens with zero attached hydrogens (tertiary/aromatic N) is 3. The van der Waals surface area contributed by atoms with E-state index in [1.54, 1.807) is 12.4 Å². The number of nitriles is 1. The highest BCUT2D eigenvalue weighted by Crippen LogP contribution is 2.19. The van der Waals surface area contributed by atoms with Crippen molar-refractivity contribution in [2.24, 2.45) is 4.99 Å². The minimum atomic E-state index is -0.0320. The highest BCUT2D eigenvalue weighted by atomic mass is 15.2. The monoisotopic (exact) mass is 259 g/mol. The second-order valence-corrected chi connectivity index (χ2v) is 4.39. The maximum absolute atomic E-state index is 8.80. The number of aliphatic imine (C=N–C) groups is 1. The molecule has 0 aliphatic carbocycles. The summed E-state index contributed by atoms with van der Waals surface area (Å²) < 4.78 is 0. The molecule has 5 nitrogen and oxygen atoms in total. The summed E-state index contributed by atoms with van der Waals surface area (Å²) in [5.41, 5.74) is 0.823. The van der Waals surface area contributed by atoms with Crippen LogP contribution in [0.15, 0.2) is 29.5 Å². The Labute approximate surface area is 114 Å². The smallest absolute Gasteiger partial charge is 0.212 e. The standard InChI is InChI=1S/C14H21N5/c1-4-14(5-2,6-3)19-13(17-11-15)18-12-7-9-16-10-8-12/h7-10H,4-6H2,1-3H3,(H2,16,17,18,19). The predicted molar refractivity (Wildman–Crippen MR) is 77.6 cm³/mol. The molecule has 102 valence electrons. The van der Waals surface area contributed by atoms with Crippen LogP contribution in [-0.4, -0.2) is 16.5 Å². The Bertz CT molecular complexity index is 434. The minimum absolute atomic E-state index is 0.0320. The summed E-state index contributed by atoms with van der Waals surface area (Å²) in [6.07, 6.45) is 8.14. The molecule has 0 radical (unpaired) electrons. The maximum atomic E-state index is 8.80. The Morgan fingerprint density at radius 3 is 2.32 bits per heavy atom. The van der Waals surface area contributed by atoms with Crippen molar-refractivity contribution in [3.05, 3.63) is 24.5 Å². The number of hydrogen-bond donors (Lipinski definition) is 2. The molecule has 19 heavy (non-hydrogen) atoms. The zero-order valence-electron chi connectivity index (χ0n) is 11.8. The second-order valence-electron chi connectivity index (χ2n) is 4.39. The van der Waals surface area contributed by atoms with Crippen LogP contribution in [0, 0.1) is 11.5 Å². The molecule has 0 saturated heterocycles. The SMILES string of the molecule is CCC(CC)(CC)NC(=NC#N)Nc1ccncc1. The molecule has 1 aromatic heterocycles. The van der Waals surface area contributed by atoms with Crippen LogP contribution >= 0.6 is 0 Å². The van der Waals surface area contributed by atoms with Crippen LogP contribution < -0.4 is 10.6 Å². The van der Waals surface area contributed by atoms with Crippen LogP contribution in [0.25, 0.3) is 0 Å². The molecule has 0 aromatic carbocycles. The van der Waals surface area contributed by atoms with Gasteiger partial charge in [0.25, 0.3) is 0 Å². The van der Waals surface area contributed by atoms with Gasteiger partial charge in [0.1, 0.15) is 0 Å². The summed E-state index contributed by atoms with van der Waals surface area (Å²) in [4.78, 5) is 7.78. The highest BCUT2D eigenvalue weighted by molar-refractivity contribution is 5.94. The van der Waals surface area contributed by atoms with Gasteiger partial charge < -0.3 is 10.6 Å². The third-order valence-corrected chi connectivity index (χ3v) is 3.52. The Hall–Kier alpha value is -2.09. The lowest BCUT2D eigenvalue weighted by molar-refractivity contribution is 0.339. The molecule has 1 rings (SSSR count). The van der Waals surface area contributed by atoms with Crippen molar-refractivity contribution in [3.63, 3.8) is 0 Å². The first-order chi connectivity index (χ1) is 9.19. The van der Waals surface area contributed by atoms with Gasteiger partial charge >= 0.3 is 0 Å². The first-order valence-electron chi connectivity index (χ1n) is 6.61. The van der Waals surface area contributed by atoms with E-state index < -0.39 is 0 Å². The predicted octanol–water partition coefficient (Wildman–Crippen LogP) is 2.89. The summed E-state index contributed by atoms with van der Waals surface area (Å²) in [5.74, 6) is 0.485. The van der Waals surface area contributed by atoms with Gasteiger partial charge in [-0.05, 0) is 31.4 Å². The molecule has 0 bridgehead atoms. The first-order valence-corrected chi connectivity index (χ1v) is 6.61. The van der Waals surface area contributed by atoms with Crippen LogP contribution in [0.5, 0.6) is 0 Å². The number of pyridine rings is 1. The van der Waals surface area contributed by atoms with Gasteiger partial charge in [-0.2, -0.15) is 5.26 Å². The van der Waals surface area contributed by atoms with E-state index in [1.165, 1.54) is 0 Å². The quantitative estimate of drug-likeness (QED) is 0.484. The number of anilines is 1. The molecular formula is C14H21N5.